The molecule has 1 heterocycles. The molecule has 1 atom stereocenters. The molecule has 0 spiro atoms. The van der Waals surface area contributed by atoms with Crippen LogP contribution in [-0.4, -0.2) is 37.4 Å². The summed E-state index contributed by atoms with van der Waals surface area (Å²) in [5.74, 6) is -0.592. The highest BCUT2D eigenvalue weighted by Crippen LogP contribution is 2.27. The first-order valence-corrected chi connectivity index (χ1v) is 8.04. The van der Waals surface area contributed by atoms with Crippen LogP contribution in [0, 0.1) is 0 Å². The zero-order valence-electron chi connectivity index (χ0n) is 9.94. The molecule has 5 nitrogen and oxygen atoms in total. The van der Waals surface area contributed by atoms with E-state index in [4.69, 9.17) is 5.73 Å². The van der Waals surface area contributed by atoms with E-state index < -0.39 is 21.3 Å². The fourth-order valence-electron chi connectivity index (χ4n) is 2.87. The number of hydrogen-bond donors (Lipinski definition) is 2. The molecule has 2 aliphatic rings. The molecular formula is C11H20N2O3S. The van der Waals surface area contributed by atoms with Crippen LogP contribution in [0.15, 0.2) is 0 Å². The van der Waals surface area contributed by atoms with Crippen LogP contribution in [0.25, 0.3) is 0 Å². The fourth-order valence-corrected chi connectivity index (χ4v) is 4.79. The van der Waals surface area contributed by atoms with E-state index in [0.717, 1.165) is 25.7 Å². The summed E-state index contributed by atoms with van der Waals surface area (Å²) in [6.07, 6.45) is 5.84. The molecule has 0 aromatic heterocycles. The van der Waals surface area contributed by atoms with E-state index in [9.17, 15) is 13.2 Å². The van der Waals surface area contributed by atoms with Crippen LogP contribution in [0.3, 0.4) is 0 Å². The predicted octanol–water partition coefficient (Wildman–Crippen LogP) is -0.0487. The lowest BCUT2D eigenvalue weighted by atomic mass is 9.90. The highest BCUT2D eigenvalue weighted by atomic mass is 32.2. The van der Waals surface area contributed by atoms with E-state index >= 15 is 0 Å². The number of carbonyl (C=O) groups excluding carboxylic acids is 1. The lowest BCUT2D eigenvalue weighted by Gasteiger charge is -2.33. The van der Waals surface area contributed by atoms with Gasteiger partial charge in [0.2, 0.25) is 5.91 Å². The molecule has 1 aliphatic heterocycles. The van der Waals surface area contributed by atoms with Crippen molar-refractivity contribution in [1.29, 1.82) is 0 Å². The summed E-state index contributed by atoms with van der Waals surface area (Å²) in [6, 6.07) is 0.240. The average molecular weight is 260 g/mol. The Morgan fingerprint density at radius 1 is 1.24 bits per heavy atom. The molecule has 0 aromatic carbocycles. The van der Waals surface area contributed by atoms with Gasteiger partial charge in [0.15, 0.2) is 9.84 Å². The number of nitrogens with one attached hydrogen (secondary N) is 1. The van der Waals surface area contributed by atoms with E-state index in [2.05, 4.69) is 5.32 Å². The van der Waals surface area contributed by atoms with Gasteiger partial charge in [0.05, 0.1) is 11.5 Å². The molecular weight excluding hydrogens is 240 g/mol. The van der Waals surface area contributed by atoms with Gasteiger partial charge in [0, 0.05) is 6.04 Å². The predicted molar refractivity (Wildman–Crippen MR) is 65.2 cm³/mol. The molecule has 1 unspecified atom stereocenters. The van der Waals surface area contributed by atoms with Crippen LogP contribution in [-0.2, 0) is 14.6 Å². The lowest BCUT2D eigenvalue weighted by molar-refractivity contribution is -0.123. The van der Waals surface area contributed by atoms with Crippen molar-refractivity contribution >= 4 is 15.7 Å². The number of rotatable bonds is 3. The molecule has 1 saturated carbocycles. The third-order valence-corrected chi connectivity index (χ3v) is 5.62. The van der Waals surface area contributed by atoms with E-state index in [0.29, 0.717) is 6.42 Å². The van der Waals surface area contributed by atoms with Crippen molar-refractivity contribution in [2.45, 2.75) is 50.1 Å². The molecule has 1 aliphatic carbocycles. The van der Waals surface area contributed by atoms with Gasteiger partial charge in [0.1, 0.15) is 5.54 Å². The first-order valence-electron chi connectivity index (χ1n) is 6.22. The van der Waals surface area contributed by atoms with Crippen LogP contribution in [0.2, 0.25) is 0 Å². The van der Waals surface area contributed by atoms with Gasteiger partial charge in [0.25, 0.3) is 0 Å². The Labute approximate surface area is 102 Å². The minimum atomic E-state index is -3.11. The summed E-state index contributed by atoms with van der Waals surface area (Å²) >= 11 is 0. The minimum absolute atomic E-state index is 0.0651. The first kappa shape index (κ1) is 12.8. The SMILES string of the molecule is NC(=O)C1(NC2CCCCC2)CCS(=O)(=O)C1. The van der Waals surface area contributed by atoms with Gasteiger partial charge in [-0.3, -0.25) is 10.1 Å². The van der Waals surface area contributed by atoms with E-state index in [-0.39, 0.29) is 17.5 Å². The average Bonchev–Trinajstić information content (AvgIpc) is 2.57. The zero-order valence-corrected chi connectivity index (χ0v) is 10.8. The summed E-state index contributed by atoms with van der Waals surface area (Å²) in [5.41, 5.74) is 4.39. The number of amides is 1. The molecule has 1 saturated heterocycles. The molecule has 0 bridgehead atoms. The van der Waals surface area contributed by atoms with E-state index in [1.807, 2.05) is 0 Å². The van der Waals surface area contributed by atoms with E-state index in [1.165, 1.54) is 6.42 Å². The van der Waals surface area contributed by atoms with Crippen LogP contribution in [0.5, 0.6) is 0 Å². The summed E-state index contributed by atoms with van der Waals surface area (Å²) in [5, 5.41) is 3.23. The Morgan fingerprint density at radius 3 is 2.35 bits per heavy atom. The van der Waals surface area contributed by atoms with Crippen LogP contribution < -0.4 is 11.1 Å². The summed E-state index contributed by atoms with van der Waals surface area (Å²) in [4.78, 5) is 11.6. The third kappa shape index (κ3) is 2.80. The van der Waals surface area contributed by atoms with Gasteiger partial charge in [-0.2, -0.15) is 0 Å². The number of hydrogen-bond acceptors (Lipinski definition) is 4. The Hall–Kier alpha value is -0.620. The van der Waals surface area contributed by atoms with Crippen molar-refractivity contribution in [3.8, 4) is 0 Å². The number of primary amides is 1. The van der Waals surface area contributed by atoms with Gasteiger partial charge in [-0.25, -0.2) is 8.42 Å². The maximum atomic E-state index is 11.6. The standard InChI is InChI=1S/C11H20N2O3S/c12-10(14)11(6-7-17(15,16)8-11)13-9-4-2-1-3-5-9/h9,13H,1-8H2,(H2,12,14). The van der Waals surface area contributed by atoms with Crippen molar-refractivity contribution in [3.05, 3.63) is 0 Å². The Bertz CT molecular complexity index is 401. The molecule has 17 heavy (non-hydrogen) atoms. The Balaban J connectivity index is 2.10. The largest absolute Gasteiger partial charge is 0.368 e. The number of sulfone groups is 1. The summed E-state index contributed by atoms with van der Waals surface area (Å²) in [6.45, 7) is 0. The summed E-state index contributed by atoms with van der Waals surface area (Å²) in [7, 11) is -3.11. The van der Waals surface area contributed by atoms with Crippen LogP contribution in [0.4, 0.5) is 0 Å². The Kier molecular flexibility index (Phi) is 3.45. The molecule has 3 N–H and O–H groups in total. The maximum absolute atomic E-state index is 11.6. The van der Waals surface area contributed by atoms with E-state index in [1.54, 1.807) is 0 Å². The monoisotopic (exact) mass is 260 g/mol. The third-order valence-electron chi connectivity index (χ3n) is 3.86. The molecule has 6 heteroatoms. The second kappa shape index (κ2) is 4.57. The molecule has 0 aromatic rings. The maximum Gasteiger partial charge on any atom is 0.238 e. The molecule has 1 amide bonds. The number of carbonyl (C=O) groups is 1. The Morgan fingerprint density at radius 2 is 1.88 bits per heavy atom. The highest BCUT2D eigenvalue weighted by Gasteiger charge is 2.47. The van der Waals surface area contributed by atoms with Gasteiger partial charge >= 0.3 is 0 Å². The van der Waals surface area contributed by atoms with Gasteiger partial charge in [-0.1, -0.05) is 19.3 Å². The second-order valence-electron chi connectivity index (χ2n) is 5.27. The van der Waals surface area contributed by atoms with Crippen molar-refractivity contribution in [2.75, 3.05) is 11.5 Å². The van der Waals surface area contributed by atoms with Gasteiger partial charge in [-0.05, 0) is 19.3 Å². The first-order chi connectivity index (χ1) is 7.94. The normalized spacial score (nSPS) is 33.6. The van der Waals surface area contributed by atoms with Crippen molar-refractivity contribution in [1.82, 2.24) is 5.32 Å². The topological polar surface area (TPSA) is 89.3 Å². The zero-order chi connectivity index (χ0) is 12.5. The minimum Gasteiger partial charge on any atom is -0.368 e. The quantitative estimate of drug-likeness (QED) is 0.744. The molecule has 0 radical (unpaired) electrons. The van der Waals surface area contributed by atoms with Crippen molar-refractivity contribution < 1.29 is 13.2 Å². The van der Waals surface area contributed by atoms with Crippen LogP contribution in [0.1, 0.15) is 38.5 Å². The van der Waals surface area contributed by atoms with Crippen molar-refractivity contribution in [2.24, 2.45) is 5.73 Å². The van der Waals surface area contributed by atoms with Crippen molar-refractivity contribution in [3.63, 3.8) is 0 Å². The van der Waals surface area contributed by atoms with Crippen LogP contribution >= 0.6 is 0 Å². The lowest BCUT2D eigenvalue weighted by Crippen LogP contribution is -2.59. The molecule has 2 fully saturated rings. The smallest absolute Gasteiger partial charge is 0.238 e. The second-order valence-corrected chi connectivity index (χ2v) is 7.45. The molecule has 98 valence electrons. The van der Waals surface area contributed by atoms with Gasteiger partial charge < -0.3 is 5.73 Å². The highest BCUT2D eigenvalue weighted by molar-refractivity contribution is 7.91. The van der Waals surface area contributed by atoms with Gasteiger partial charge in [-0.15, -0.1) is 0 Å². The number of nitrogens with two attached hydrogens (primary N) is 1. The fraction of sp³-hybridized carbons (Fsp3) is 0.909. The molecule has 2 rings (SSSR count). The summed E-state index contributed by atoms with van der Waals surface area (Å²) < 4.78 is 23.1.